The molecule has 4 rings (SSSR count). The van der Waals surface area contributed by atoms with E-state index in [1.165, 1.54) is 30.3 Å². The molecule has 0 amide bonds. The van der Waals surface area contributed by atoms with Crippen molar-refractivity contribution in [3.8, 4) is 5.75 Å². The lowest BCUT2D eigenvalue weighted by atomic mass is 9.86. The van der Waals surface area contributed by atoms with Gasteiger partial charge in [-0.1, -0.05) is 0 Å². The van der Waals surface area contributed by atoms with Gasteiger partial charge in [0.1, 0.15) is 53.7 Å². The van der Waals surface area contributed by atoms with Crippen LogP contribution < -0.4 is 0 Å². The molecule has 0 unspecified atom stereocenters. The Morgan fingerprint density at radius 2 is 1.66 bits per heavy atom. The number of aliphatic hydroxyl groups is 6. The first-order valence-corrected chi connectivity index (χ1v) is 9.74. The molecule has 32 heavy (non-hydrogen) atoms. The number of Topliss-reactive ketones (excluding diaryl/α,β-unsaturated/α-hetero) is 1. The quantitative estimate of drug-likeness (QED) is 0.309. The number of phenols is 1. The summed E-state index contributed by atoms with van der Waals surface area (Å²) in [5, 5.41) is 69.2. The Balaban J connectivity index is 1.76. The number of rotatable bonds is 4. The fourth-order valence-corrected chi connectivity index (χ4v) is 3.75. The van der Waals surface area contributed by atoms with Crippen LogP contribution in [0.2, 0.25) is 0 Å². The number of ketones is 1. The molecule has 1 fully saturated rings. The summed E-state index contributed by atoms with van der Waals surface area (Å²) in [6, 6.07) is 5.52. The summed E-state index contributed by atoms with van der Waals surface area (Å²) in [4.78, 5) is 13.3. The van der Waals surface area contributed by atoms with Gasteiger partial charge in [0.05, 0.1) is 6.61 Å². The van der Waals surface area contributed by atoms with E-state index in [0.29, 0.717) is 0 Å². The van der Waals surface area contributed by atoms with Crippen molar-refractivity contribution >= 4 is 11.5 Å². The van der Waals surface area contributed by atoms with Gasteiger partial charge in [-0.25, -0.2) is 0 Å². The largest absolute Gasteiger partial charge is 0.511 e. The predicted octanol–water partition coefficient (Wildman–Crippen LogP) is -0.641. The van der Waals surface area contributed by atoms with Crippen molar-refractivity contribution < 1.29 is 54.8 Å². The fraction of sp³-hybridized carbons (Fsp3) is 0.381. The molecule has 2 heterocycles. The topological polar surface area (TPSA) is 186 Å². The van der Waals surface area contributed by atoms with Crippen molar-refractivity contribution in [2.45, 2.75) is 36.8 Å². The van der Waals surface area contributed by atoms with Gasteiger partial charge in [-0.2, -0.15) is 0 Å². The van der Waals surface area contributed by atoms with E-state index in [9.17, 15) is 40.5 Å². The minimum Gasteiger partial charge on any atom is -0.511 e. The predicted molar refractivity (Wildman–Crippen MR) is 105 cm³/mol. The highest BCUT2D eigenvalue weighted by atomic mass is 16.7. The number of aromatic hydroxyl groups is 1. The third-order valence-corrected chi connectivity index (χ3v) is 5.46. The zero-order valence-electron chi connectivity index (χ0n) is 16.5. The number of hydrogen-bond acceptors (Lipinski definition) is 11. The van der Waals surface area contributed by atoms with Crippen LogP contribution in [0.1, 0.15) is 5.56 Å². The number of ether oxygens (including phenoxy) is 3. The zero-order valence-corrected chi connectivity index (χ0v) is 16.5. The van der Waals surface area contributed by atoms with Gasteiger partial charge in [0.2, 0.25) is 17.8 Å². The van der Waals surface area contributed by atoms with E-state index in [1.807, 2.05) is 0 Å². The van der Waals surface area contributed by atoms with Crippen LogP contribution in [0.3, 0.4) is 0 Å². The lowest BCUT2D eigenvalue weighted by molar-refractivity contribution is -0.291. The Labute approximate surface area is 181 Å². The molecular weight excluding hydrogens is 428 g/mol. The number of fused-ring (bicyclic) bond motifs is 1. The van der Waals surface area contributed by atoms with Gasteiger partial charge in [-0.3, -0.25) is 4.79 Å². The summed E-state index contributed by atoms with van der Waals surface area (Å²) in [6.45, 7) is -0.697. The molecule has 0 radical (unpaired) electrons. The average Bonchev–Trinajstić information content (AvgIpc) is 2.75. The third kappa shape index (κ3) is 3.80. The van der Waals surface area contributed by atoms with Crippen molar-refractivity contribution in [3.05, 3.63) is 59.3 Å². The second-order valence-electron chi connectivity index (χ2n) is 7.61. The van der Waals surface area contributed by atoms with Gasteiger partial charge >= 0.3 is 0 Å². The standard InChI is InChI=1S/C21H22O11/c22-7-13-15(26)17(28)18(29)21(31-13)32-20-16(27)14-11(25)5-10(24)6-12(14)30-19(20)8-1-3-9(23)4-2-8/h1-6,12-15,17-18,21-26,28-29H,7H2/t12-,13+,14-,15+,17-,18-,21-/m0/s1. The Morgan fingerprint density at radius 1 is 0.969 bits per heavy atom. The Bertz CT molecular complexity index is 978. The minimum atomic E-state index is -1.79. The molecule has 1 aliphatic carbocycles. The molecule has 1 aromatic rings. The van der Waals surface area contributed by atoms with E-state index < -0.39 is 66.6 Å². The molecule has 7 atom stereocenters. The molecule has 7 N–H and O–H groups in total. The number of aliphatic hydroxyl groups excluding tert-OH is 6. The smallest absolute Gasteiger partial charge is 0.229 e. The van der Waals surface area contributed by atoms with E-state index in [-0.39, 0.29) is 22.8 Å². The first-order valence-electron chi connectivity index (χ1n) is 9.74. The molecule has 0 saturated carbocycles. The van der Waals surface area contributed by atoms with E-state index in [4.69, 9.17) is 14.2 Å². The lowest BCUT2D eigenvalue weighted by Gasteiger charge is -2.41. The van der Waals surface area contributed by atoms with E-state index in [0.717, 1.165) is 6.08 Å². The molecule has 0 bridgehead atoms. The van der Waals surface area contributed by atoms with Crippen LogP contribution in [-0.2, 0) is 19.0 Å². The van der Waals surface area contributed by atoms with Gasteiger partial charge in [0, 0.05) is 11.6 Å². The Morgan fingerprint density at radius 3 is 2.31 bits per heavy atom. The maximum absolute atomic E-state index is 13.3. The van der Waals surface area contributed by atoms with Crippen molar-refractivity contribution in [1.82, 2.24) is 0 Å². The van der Waals surface area contributed by atoms with Crippen LogP contribution in [0.4, 0.5) is 0 Å². The van der Waals surface area contributed by atoms with Crippen LogP contribution >= 0.6 is 0 Å². The maximum Gasteiger partial charge on any atom is 0.229 e. The van der Waals surface area contributed by atoms with E-state index in [2.05, 4.69) is 0 Å². The van der Waals surface area contributed by atoms with Gasteiger partial charge in [-0.05, 0) is 30.3 Å². The van der Waals surface area contributed by atoms with Crippen molar-refractivity contribution in [2.75, 3.05) is 6.61 Å². The second kappa shape index (κ2) is 8.45. The summed E-state index contributed by atoms with van der Waals surface area (Å²) in [6.07, 6.45) is -6.95. The second-order valence-corrected chi connectivity index (χ2v) is 7.61. The summed E-state index contributed by atoms with van der Waals surface area (Å²) in [7, 11) is 0. The molecule has 172 valence electrons. The molecule has 3 aliphatic rings. The van der Waals surface area contributed by atoms with Crippen LogP contribution in [0, 0.1) is 5.92 Å². The number of allylic oxidation sites excluding steroid dienone is 2. The summed E-state index contributed by atoms with van der Waals surface area (Å²) in [5.41, 5.74) is 0.288. The fourth-order valence-electron chi connectivity index (χ4n) is 3.75. The average molecular weight is 450 g/mol. The number of carbonyl (C=O) groups excluding carboxylic acids is 1. The van der Waals surface area contributed by atoms with Crippen molar-refractivity contribution in [1.29, 1.82) is 0 Å². The minimum absolute atomic E-state index is 0.0541. The summed E-state index contributed by atoms with van der Waals surface area (Å²) < 4.78 is 16.8. The molecule has 2 aliphatic heterocycles. The first-order chi connectivity index (χ1) is 15.2. The normalized spacial score (nSPS) is 34.9. The van der Waals surface area contributed by atoms with Gasteiger partial charge in [0.15, 0.2) is 5.76 Å². The summed E-state index contributed by atoms with van der Waals surface area (Å²) in [5.74, 6) is -3.45. The maximum atomic E-state index is 13.3. The van der Waals surface area contributed by atoms with Crippen molar-refractivity contribution in [3.63, 3.8) is 0 Å². The Kier molecular flexibility index (Phi) is 5.84. The molecular formula is C21H22O11. The molecule has 11 heteroatoms. The van der Waals surface area contributed by atoms with E-state index >= 15 is 0 Å². The highest BCUT2D eigenvalue weighted by molar-refractivity contribution is 6.04. The molecule has 0 spiro atoms. The molecule has 11 nitrogen and oxygen atoms in total. The highest BCUT2D eigenvalue weighted by Crippen LogP contribution is 2.40. The Hall–Kier alpha value is -3.09. The van der Waals surface area contributed by atoms with Crippen LogP contribution in [0.15, 0.2) is 53.7 Å². The molecule has 1 aromatic carbocycles. The van der Waals surface area contributed by atoms with E-state index in [1.54, 1.807) is 0 Å². The zero-order chi connectivity index (χ0) is 23.2. The number of carbonyl (C=O) groups is 1. The number of hydrogen-bond donors (Lipinski definition) is 7. The van der Waals surface area contributed by atoms with Gasteiger partial charge < -0.3 is 50.0 Å². The highest BCUT2D eigenvalue weighted by Gasteiger charge is 2.49. The van der Waals surface area contributed by atoms with Crippen LogP contribution in [0.25, 0.3) is 5.76 Å². The van der Waals surface area contributed by atoms with Crippen molar-refractivity contribution in [2.24, 2.45) is 5.92 Å². The molecule has 1 saturated heterocycles. The van der Waals surface area contributed by atoms with Crippen LogP contribution in [0.5, 0.6) is 5.75 Å². The lowest BCUT2D eigenvalue weighted by Crippen LogP contribution is -2.59. The third-order valence-electron chi connectivity index (χ3n) is 5.46. The first kappa shape index (κ1) is 22.1. The summed E-state index contributed by atoms with van der Waals surface area (Å²) >= 11 is 0. The van der Waals surface area contributed by atoms with Gasteiger partial charge in [-0.15, -0.1) is 0 Å². The number of benzene rings is 1. The van der Waals surface area contributed by atoms with Gasteiger partial charge in [0.25, 0.3) is 0 Å². The number of phenolic OH excluding ortho intramolecular Hbond substituents is 1. The van der Waals surface area contributed by atoms with Crippen LogP contribution in [-0.4, -0.2) is 84.9 Å². The molecule has 0 aromatic heterocycles. The SMILES string of the molecule is O=C1C(O[C@@H]2O[C@H](CO)[C@@H](O)[C@H](O)[C@@H]2O)=C(c2ccc(O)cc2)O[C@H]2C=C(O)C=C(O)[C@H]12. The monoisotopic (exact) mass is 450 g/mol.